The van der Waals surface area contributed by atoms with E-state index in [-0.39, 0.29) is 11.1 Å². The van der Waals surface area contributed by atoms with Gasteiger partial charge in [0.15, 0.2) is 0 Å². The van der Waals surface area contributed by atoms with Crippen molar-refractivity contribution in [3.63, 3.8) is 0 Å². The van der Waals surface area contributed by atoms with Crippen LogP contribution >= 0.6 is 0 Å². The van der Waals surface area contributed by atoms with Crippen molar-refractivity contribution in [2.75, 3.05) is 0 Å². The summed E-state index contributed by atoms with van der Waals surface area (Å²) in [5.74, 6) is -1.43. The lowest BCUT2D eigenvalue weighted by molar-refractivity contribution is 0.585. The van der Waals surface area contributed by atoms with E-state index in [1.807, 2.05) is 0 Å². The number of hydrogen-bond donors (Lipinski definition) is 2. The van der Waals surface area contributed by atoms with Crippen LogP contribution in [0.2, 0.25) is 0 Å². The first-order valence-electron chi connectivity index (χ1n) is 10.1. The van der Waals surface area contributed by atoms with Crippen LogP contribution in [0.4, 0.5) is 8.78 Å². The average Bonchev–Trinajstić information content (AvgIpc) is 3.14. The summed E-state index contributed by atoms with van der Waals surface area (Å²) in [4.78, 5) is 16.3. The smallest absolute Gasteiger partial charge is 0.282 e. The number of fused-ring (bicyclic) bond motifs is 2. The van der Waals surface area contributed by atoms with Crippen molar-refractivity contribution in [3.8, 4) is 17.2 Å². The third kappa shape index (κ3) is 3.35. The minimum atomic E-state index is -0.745. The van der Waals surface area contributed by atoms with Crippen molar-refractivity contribution in [1.82, 2.24) is 14.6 Å². The Hall–Kier alpha value is -4.35. The molecule has 5 rings (SSSR count). The number of H-pyrrole nitrogens is 1. The summed E-state index contributed by atoms with van der Waals surface area (Å²) in [6.45, 7) is 1.66. The monoisotopic (exact) mass is 441 g/mol. The third-order valence-electron chi connectivity index (χ3n) is 5.74. The first kappa shape index (κ1) is 20.5. The van der Waals surface area contributed by atoms with Gasteiger partial charge in [-0.3, -0.25) is 4.79 Å². The topological polar surface area (TPSA) is 100.0 Å². The van der Waals surface area contributed by atoms with E-state index in [9.17, 15) is 13.6 Å². The van der Waals surface area contributed by atoms with Crippen molar-refractivity contribution in [2.45, 2.75) is 13.0 Å². The van der Waals surface area contributed by atoms with Gasteiger partial charge in [-0.1, -0.05) is 18.2 Å². The van der Waals surface area contributed by atoms with Gasteiger partial charge < -0.3 is 10.7 Å². The summed E-state index contributed by atoms with van der Waals surface area (Å²) >= 11 is 0. The molecule has 0 fully saturated rings. The maximum Gasteiger partial charge on any atom is 0.282 e. The molecule has 0 amide bonds. The number of rotatable bonds is 3. The van der Waals surface area contributed by atoms with Crippen LogP contribution in [0.5, 0.6) is 0 Å². The summed E-state index contributed by atoms with van der Waals surface area (Å²) in [5, 5.41) is 13.7. The molecule has 162 valence electrons. The van der Waals surface area contributed by atoms with Gasteiger partial charge in [-0.05, 0) is 54.4 Å². The Balaban J connectivity index is 1.69. The Morgan fingerprint density at radius 1 is 1.06 bits per heavy atom. The second kappa shape index (κ2) is 7.65. The maximum atomic E-state index is 14.5. The molecule has 0 aliphatic heterocycles. The minimum absolute atomic E-state index is 0.143. The fourth-order valence-corrected chi connectivity index (χ4v) is 4.05. The highest BCUT2D eigenvalue weighted by Gasteiger charge is 2.20. The van der Waals surface area contributed by atoms with Gasteiger partial charge in [-0.15, -0.1) is 0 Å². The largest absolute Gasteiger partial charge is 0.339 e. The van der Waals surface area contributed by atoms with Gasteiger partial charge in [-0.25, -0.2) is 8.78 Å². The fourth-order valence-electron chi connectivity index (χ4n) is 4.05. The number of nitriles is 1. The van der Waals surface area contributed by atoms with Crippen molar-refractivity contribution in [1.29, 1.82) is 5.26 Å². The first-order chi connectivity index (χ1) is 15.9. The van der Waals surface area contributed by atoms with Crippen LogP contribution in [-0.2, 0) is 0 Å². The van der Waals surface area contributed by atoms with Crippen molar-refractivity contribution in [2.24, 2.45) is 5.73 Å². The van der Waals surface area contributed by atoms with Crippen LogP contribution in [0.1, 0.15) is 28.4 Å². The maximum absolute atomic E-state index is 14.5. The van der Waals surface area contributed by atoms with E-state index in [0.717, 1.165) is 23.3 Å². The molecule has 6 nitrogen and oxygen atoms in total. The Morgan fingerprint density at radius 2 is 1.79 bits per heavy atom. The lowest BCUT2D eigenvalue weighted by Crippen LogP contribution is -2.17. The first-order valence-corrected chi connectivity index (χ1v) is 10.1. The molecule has 0 bridgehead atoms. The summed E-state index contributed by atoms with van der Waals surface area (Å²) in [6.07, 6.45) is 0. The van der Waals surface area contributed by atoms with Gasteiger partial charge >= 0.3 is 0 Å². The summed E-state index contributed by atoms with van der Waals surface area (Å²) in [6, 6.07) is 17.0. The molecule has 0 saturated carbocycles. The lowest BCUT2D eigenvalue weighted by Gasteiger charge is -2.13. The number of aromatic amines is 1. The van der Waals surface area contributed by atoms with Crippen molar-refractivity contribution < 1.29 is 8.78 Å². The molecule has 2 heterocycles. The molecule has 8 heteroatoms. The zero-order valence-corrected chi connectivity index (χ0v) is 17.4. The number of nitrogens with two attached hydrogens (primary N) is 1. The number of hydrogen-bond acceptors (Lipinski definition) is 4. The highest BCUT2D eigenvalue weighted by Crippen LogP contribution is 2.30. The second-order valence-corrected chi connectivity index (χ2v) is 7.79. The third-order valence-corrected chi connectivity index (χ3v) is 5.74. The van der Waals surface area contributed by atoms with Crippen LogP contribution < -0.4 is 11.3 Å². The predicted molar refractivity (Wildman–Crippen MR) is 121 cm³/mol. The highest BCUT2D eigenvalue weighted by molar-refractivity contribution is 5.86. The van der Waals surface area contributed by atoms with E-state index in [2.05, 4.69) is 16.2 Å². The van der Waals surface area contributed by atoms with E-state index in [0.29, 0.717) is 33.4 Å². The van der Waals surface area contributed by atoms with Crippen molar-refractivity contribution >= 4 is 16.6 Å². The molecule has 3 aromatic carbocycles. The second-order valence-electron chi connectivity index (χ2n) is 7.79. The van der Waals surface area contributed by atoms with Crippen LogP contribution in [0, 0.1) is 29.9 Å². The number of halogens is 2. The van der Waals surface area contributed by atoms with E-state index >= 15 is 0 Å². The number of aromatic nitrogens is 3. The summed E-state index contributed by atoms with van der Waals surface area (Å²) in [5.41, 5.74) is 9.93. The number of benzene rings is 3. The molecular formula is C25H17F2N5O. The predicted octanol–water partition coefficient (Wildman–Crippen LogP) is 4.35. The number of aryl methyl sites for hydroxylation is 1. The normalized spacial score (nSPS) is 12.2. The molecule has 0 spiro atoms. The molecule has 0 aliphatic rings. The molecule has 1 atom stereocenters. The van der Waals surface area contributed by atoms with Gasteiger partial charge in [0.25, 0.3) is 5.56 Å². The molecule has 3 N–H and O–H groups in total. The number of nitrogens with zero attached hydrogens (tertiary/aromatic N) is 3. The molecule has 0 aliphatic carbocycles. The van der Waals surface area contributed by atoms with Crippen molar-refractivity contribution in [3.05, 3.63) is 105 Å². The van der Waals surface area contributed by atoms with E-state index in [1.54, 1.807) is 49.4 Å². The minimum Gasteiger partial charge on any atom is -0.339 e. The zero-order chi connectivity index (χ0) is 23.3. The Labute approximate surface area is 186 Å². The summed E-state index contributed by atoms with van der Waals surface area (Å²) < 4.78 is 29.2. The molecule has 33 heavy (non-hydrogen) atoms. The Kier molecular flexibility index (Phi) is 4.77. The molecule has 5 aromatic rings. The van der Waals surface area contributed by atoms with E-state index in [4.69, 9.17) is 11.0 Å². The van der Waals surface area contributed by atoms with Gasteiger partial charge in [0.1, 0.15) is 17.3 Å². The Bertz CT molecular complexity index is 1640. The van der Waals surface area contributed by atoms with Crippen LogP contribution in [-0.4, -0.2) is 14.6 Å². The van der Waals surface area contributed by atoms with Gasteiger partial charge in [-0.2, -0.15) is 14.9 Å². The highest BCUT2D eigenvalue weighted by atomic mass is 19.1. The standard InChI is InChI=1S/C25H17F2N5O/c1-13-22(18-9-7-17(26)11-20(18)27)24-30-21-10-16(6-8-19(21)25(33)32(24)31-13)23(29)15-4-2-14(12-28)3-5-15/h2-11,23,30H,29H2,1H3. The molecule has 2 aromatic heterocycles. The van der Waals surface area contributed by atoms with Crippen LogP contribution in [0.15, 0.2) is 65.5 Å². The quantitative estimate of drug-likeness (QED) is 0.435. The van der Waals surface area contributed by atoms with E-state index in [1.165, 1.54) is 10.6 Å². The van der Waals surface area contributed by atoms with Gasteiger partial charge in [0, 0.05) is 11.6 Å². The SMILES string of the molecule is Cc1nn2c(=O)c3ccc(C(N)c4ccc(C#N)cc4)cc3[nH]c2c1-c1ccc(F)cc1F. The van der Waals surface area contributed by atoms with Gasteiger partial charge in [0.2, 0.25) is 0 Å². The van der Waals surface area contributed by atoms with E-state index < -0.39 is 17.7 Å². The Morgan fingerprint density at radius 3 is 2.48 bits per heavy atom. The average molecular weight is 441 g/mol. The molecule has 0 saturated heterocycles. The fraction of sp³-hybridized carbons (Fsp3) is 0.0800. The lowest BCUT2D eigenvalue weighted by atomic mass is 9.98. The summed E-state index contributed by atoms with van der Waals surface area (Å²) in [7, 11) is 0. The molecule has 0 radical (unpaired) electrons. The molecule has 1 unspecified atom stereocenters. The van der Waals surface area contributed by atoms with Crippen LogP contribution in [0.3, 0.4) is 0 Å². The van der Waals surface area contributed by atoms with Gasteiger partial charge in [0.05, 0.1) is 39.8 Å². The molecular weight excluding hydrogens is 424 g/mol. The zero-order valence-electron chi connectivity index (χ0n) is 17.4. The van der Waals surface area contributed by atoms with Crippen LogP contribution in [0.25, 0.3) is 27.7 Å². The number of nitrogens with one attached hydrogen (secondary N) is 1.